The minimum Gasteiger partial charge on any atom is -0.493 e. The van der Waals surface area contributed by atoms with E-state index in [1.165, 1.54) is 20.3 Å². The van der Waals surface area contributed by atoms with E-state index in [2.05, 4.69) is 5.32 Å². The SMILES string of the molecule is COc1ccc(NC(=O)c2ccc(F)c(F)c2)cc1OC. The van der Waals surface area contributed by atoms with Crippen LogP contribution in [0.4, 0.5) is 14.5 Å². The molecule has 0 saturated heterocycles. The molecule has 0 aliphatic heterocycles. The largest absolute Gasteiger partial charge is 0.493 e. The van der Waals surface area contributed by atoms with Gasteiger partial charge in [-0.25, -0.2) is 8.78 Å². The molecule has 4 nitrogen and oxygen atoms in total. The highest BCUT2D eigenvalue weighted by Gasteiger charge is 2.11. The van der Waals surface area contributed by atoms with Gasteiger partial charge in [-0.15, -0.1) is 0 Å². The molecule has 0 aromatic heterocycles. The lowest BCUT2D eigenvalue weighted by Gasteiger charge is -2.10. The third-order valence-corrected chi connectivity index (χ3v) is 2.82. The van der Waals surface area contributed by atoms with Gasteiger partial charge < -0.3 is 14.8 Å². The van der Waals surface area contributed by atoms with Crippen LogP contribution in [0.2, 0.25) is 0 Å². The molecule has 0 aliphatic carbocycles. The van der Waals surface area contributed by atoms with E-state index in [-0.39, 0.29) is 5.56 Å². The van der Waals surface area contributed by atoms with Crippen LogP contribution < -0.4 is 14.8 Å². The minimum absolute atomic E-state index is 0.0173. The van der Waals surface area contributed by atoms with E-state index in [4.69, 9.17) is 9.47 Å². The predicted octanol–water partition coefficient (Wildman–Crippen LogP) is 3.23. The highest BCUT2D eigenvalue weighted by atomic mass is 19.2. The van der Waals surface area contributed by atoms with Crippen LogP contribution in [0.25, 0.3) is 0 Å². The van der Waals surface area contributed by atoms with Gasteiger partial charge in [-0.1, -0.05) is 0 Å². The summed E-state index contributed by atoms with van der Waals surface area (Å²) in [6, 6.07) is 7.74. The molecule has 0 radical (unpaired) electrons. The molecule has 1 amide bonds. The molecule has 1 N–H and O–H groups in total. The molecule has 0 atom stereocenters. The van der Waals surface area contributed by atoms with Gasteiger partial charge in [0.15, 0.2) is 23.1 Å². The van der Waals surface area contributed by atoms with Crippen molar-refractivity contribution in [3.05, 3.63) is 53.6 Å². The first-order valence-corrected chi connectivity index (χ1v) is 6.03. The number of benzene rings is 2. The predicted molar refractivity (Wildman–Crippen MR) is 73.9 cm³/mol. The number of halogens is 2. The van der Waals surface area contributed by atoms with Gasteiger partial charge >= 0.3 is 0 Å². The molecular weight excluding hydrogens is 280 g/mol. The van der Waals surface area contributed by atoms with Gasteiger partial charge in [-0.3, -0.25) is 4.79 Å². The Balaban J connectivity index is 2.21. The molecule has 110 valence electrons. The van der Waals surface area contributed by atoms with Crippen molar-refractivity contribution in [3.8, 4) is 11.5 Å². The fourth-order valence-corrected chi connectivity index (χ4v) is 1.75. The van der Waals surface area contributed by atoms with Crippen molar-refractivity contribution >= 4 is 11.6 Å². The van der Waals surface area contributed by atoms with E-state index in [9.17, 15) is 13.6 Å². The monoisotopic (exact) mass is 293 g/mol. The lowest BCUT2D eigenvalue weighted by atomic mass is 10.2. The van der Waals surface area contributed by atoms with Crippen molar-refractivity contribution in [1.29, 1.82) is 0 Å². The summed E-state index contributed by atoms with van der Waals surface area (Å²) in [5.74, 6) is -1.67. The van der Waals surface area contributed by atoms with Gasteiger partial charge in [0, 0.05) is 17.3 Å². The van der Waals surface area contributed by atoms with E-state index in [1.807, 2.05) is 0 Å². The average Bonchev–Trinajstić information content (AvgIpc) is 2.49. The minimum atomic E-state index is -1.07. The van der Waals surface area contributed by atoms with Gasteiger partial charge in [0.2, 0.25) is 0 Å². The van der Waals surface area contributed by atoms with Crippen LogP contribution >= 0.6 is 0 Å². The van der Waals surface area contributed by atoms with Crippen LogP contribution in [-0.4, -0.2) is 20.1 Å². The van der Waals surface area contributed by atoms with Gasteiger partial charge in [0.1, 0.15) is 0 Å². The number of carbonyl (C=O) groups excluding carboxylic acids is 1. The van der Waals surface area contributed by atoms with Crippen LogP contribution in [-0.2, 0) is 0 Å². The number of anilines is 1. The zero-order valence-corrected chi connectivity index (χ0v) is 11.4. The van der Waals surface area contributed by atoms with E-state index in [1.54, 1.807) is 18.2 Å². The van der Waals surface area contributed by atoms with Crippen LogP contribution in [0.3, 0.4) is 0 Å². The Bertz CT molecular complexity index is 674. The number of carbonyl (C=O) groups is 1. The fraction of sp³-hybridized carbons (Fsp3) is 0.133. The van der Waals surface area contributed by atoms with Crippen LogP contribution in [0, 0.1) is 11.6 Å². The Labute approximate surface area is 120 Å². The summed E-state index contributed by atoms with van der Waals surface area (Å²) in [5, 5.41) is 2.57. The first kappa shape index (κ1) is 14.8. The Hall–Kier alpha value is -2.63. The maximum absolute atomic E-state index is 13.1. The summed E-state index contributed by atoms with van der Waals surface area (Å²) < 4.78 is 36.1. The zero-order valence-electron chi connectivity index (χ0n) is 11.4. The second-order valence-electron chi connectivity index (χ2n) is 4.15. The van der Waals surface area contributed by atoms with E-state index >= 15 is 0 Å². The van der Waals surface area contributed by atoms with Crippen molar-refractivity contribution in [2.45, 2.75) is 0 Å². The molecule has 0 aliphatic rings. The fourth-order valence-electron chi connectivity index (χ4n) is 1.75. The maximum Gasteiger partial charge on any atom is 0.255 e. The molecule has 0 spiro atoms. The third kappa shape index (κ3) is 3.28. The lowest BCUT2D eigenvalue weighted by Crippen LogP contribution is -2.12. The average molecular weight is 293 g/mol. The van der Waals surface area contributed by atoms with E-state index in [0.29, 0.717) is 17.2 Å². The number of rotatable bonds is 4. The van der Waals surface area contributed by atoms with Crippen molar-refractivity contribution in [3.63, 3.8) is 0 Å². The Morgan fingerprint density at radius 2 is 1.67 bits per heavy atom. The van der Waals surface area contributed by atoms with Crippen molar-refractivity contribution in [1.82, 2.24) is 0 Å². The number of amides is 1. The van der Waals surface area contributed by atoms with Gasteiger partial charge in [0.05, 0.1) is 14.2 Å². The quantitative estimate of drug-likeness (QED) is 0.941. The Kier molecular flexibility index (Phi) is 4.37. The lowest BCUT2D eigenvalue weighted by molar-refractivity contribution is 0.102. The molecule has 0 saturated carbocycles. The first-order valence-electron chi connectivity index (χ1n) is 6.03. The molecule has 6 heteroatoms. The number of hydrogen-bond acceptors (Lipinski definition) is 3. The summed E-state index contributed by atoms with van der Waals surface area (Å²) in [5.41, 5.74) is 0.464. The van der Waals surface area contributed by atoms with Crippen molar-refractivity contribution < 1.29 is 23.0 Å². The molecule has 0 fully saturated rings. The molecule has 0 unspecified atom stereocenters. The second kappa shape index (κ2) is 6.21. The zero-order chi connectivity index (χ0) is 15.4. The summed E-state index contributed by atoms with van der Waals surface area (Å²) in [4.78, 5) is 12.0. The third-order valence-electron chi connectivity index (χ3n) is 2.82. The Morgan fingerprint density at radius 1 is 0.952 bits per heavy atom. The standard InChI is InChI=1S/C15H13F2NO3/c1-20-13-6-4-10(8-14(13)21-2)18-15(19)9-3-5-11(16)12(17)7-9/h3-8H,1-2H3,(H,18,19). The number of methoxy groups -OCH3 is 2. The molecular formula is C15H13F2NO3. The van der Waals surface area contributed by atoms with E-state index < -0.39 is 17.5 Å². The smallest absolute Gasteiger partial charge is 0.255 e. The normalized spacial score (nSPS) is 10.1. The van der Waals surface area contributed by atoms with Crippen molar-refractivity contribution in [2.75, 3.05) is 19.5 Å². The summed E-state index contributed by atoms with van der Waals surface area (Å²) >= 11 is 0. The molecule has 2 aromatic carbocycles. The number of nitrogens with one attached hydrogen (secondary N) is 1. The summed E-state index contributed by atoms with van der Waals surface area (Å²) in [7, 11) is 2.97. The van der Waals surface area contributed by atoms with Gasteiger partial charge in [-0.05, 0) is 30.3 Å². The molecule has 2 aromatic rings. The highest BCUT2D eigenvalue weighted by Crippen LogP contribution is 2.29. The highest BCUT2D eigenvalue weighted by molar-refractivity contribution is 6.04. The topological polar surface area (TPSA) is 47.6 Å². The summed E-state index contributed by atoms with van der Waals surface area (Å²) in [6.07, 6.45) is 0. The molecule has 0 bridgehead atoms. The van der Waals surface area contributed by atoms with Gasteiger partial charge in [0.25, 0.3) is 5.91 Å². The molecule has 0 heterocycles. The van der Waals surface area contributed by atoms with E-state index in [0.717, 1.165) is 12.1 Å². The number of hydrogen-bond donors (Lipinski definition) is 1. The van der Waals surface area contributed by atoms with Gasteiger partial charge in [-0.2, -0.15) is 0 Å². The first-order chi connectivity index (χ1) is 10.0. The molecule has 21 heavy (non-hydrogen) atoms. The van der Waals surface area contributed by atoms with Crippen molar-refractivity contribution in [2.24, 2.45) is 0 Å². The van der Waals surface area contributed by atoms with Crippen LogP contribution in [0.15, 0.2) is 36.4 Å². The van der Waals surface area contributed by atoms with Crippen LogP contribution in [0.1, 0.15) is 10.4 Å². The number of ether oxygens (including phenoxy) is 2. The summed E-state index contributed by atoms with van der Waals surface area (Å²) in [6.45, 7) is 0. The second-order valence-corrected chi connectivity index (χ2v) is 4.15. The molecule has 2 rings (SSSR count). The maximum atomic E-state index is 13.1. The Morgan fingerprint density at radius 3 is 2.29 bits per heavy atom. The van der Waals surface area contributed by atoms with Crippen LogP contribution in [0.5, 0.6) is 11.5 Å².